The summed E-state index contributed by atoms with van der Waals surface area (Å²) in [7, 11) is -3.72. The minimum absolute atomic E-state index is 0.147. The van der Waals surface area contributed by atoms with Gasteiger partial charge in [-0.15, -0.1) is 0 Å². The van der Waals surface area contributed by atoms with E-state index in [0.29, 0.717) is 24.5 Å². The lowest BCUT2D eigenvalue weighted by Crippen LogP contribution is -2.16. The standard InChI is InChI=1S/C15H18N2O4S/c1-3-21-10-12-5-4-6-14(8-12)22(19,20)17-13-7-11(2)15(18)16-9-13/h4-9,17H,3,10H2,1-2H3,(H,16,18). The quantitative estimate of drug-likeness (QED) is 0.851. The highest BCUT2D eigenvalue weighted by Gasteiger charge is 2.15. The number of rotatable bonds is 6. The smallest absolute Gasteiger partial charge is 0.261 e. The van der Waals surface area contributed by atoms with Gasteiger partial charge in [-0.1, -0.05) is 12.1 Å². The molecule has 0 bridgehead atoms. The average Bonchev–Trinajstić information content (AvgIpc) is 2.49. The number of aromatic amines is 1. The molecule has 0 aliphatic carbocycles. The molecule has 6 nitrogen and oxygen atoms in total. The minimum Gasteiger partial charge on any atom is -0.377 e. The molecule has 1 aromatic heterocycles. The molecule has 1 aromatic carbocycles. The molecule has 2 rings (SSSR count). The summed E-state index contributed by atoms with van der Waals surface area (Å²) < 4.78 is 32.5. The van der Waals surface area contributed by atoms with Crippen molar-refractivity contribution in [3.63, 3.8) is 0 Å². The molecule has 2 aromatic rings. The Kier molecular flexibility index (Phi) is 4.99. The van der Waals surface area contributed by atoms with E-state index >= 15 is 0 Å². The lowest BCUT2D eigenvalue weighted by atomic mass is 10.2. The maximum Gasteiger partial charge on any atom is 0.261 e. The molecule has 2 N–H and O–H groups in total. The van der Waals surface area contributed by atoms with Crippen molar-refractivity contribution in [3.8, 4) is 0 Å². The summed E-state index contributed by atoms with van der Waals surface area (Å²) >= 11 is 0. The number of H-pyrrole nitrogens is 1. The highest BCUT2D eigenvalue weighted by atomic mass is 32.2. The van der Waals surface area contributed by atoms with Crippen LogP contribution in [0.1, 0.15) is 18.1 Å². The van der Waals surface area contributed by atoms with Gasteiger partial charge in [0.05, 0.1) is 17.2 Å². The van der Waals surface area contributed by atoms with Crippen molar-refractivity contribution in [3.05, 3.63) is 58.0 Å². The molecule has 0 unspecified atom stereocenters. The van der Waals surface area contributed by atoms with E-state index in [1.54, 1.807) is 25.1 Å². The number of sulfonamides is 1. The van der Waals surface area contributed by atoms with Crippen molar-refractivity contribution in [2.24, 2.45) is 0 Å². The Labute approximate surface area is 129 Å². The summed E-state index contributed by atoms with van der Waals surface area (Å²) in [4.78, 5) is 13.9. The summed E-state index contributed by atoms with van der Waals surface area (Å²) in [5.41, 5.74) is 1.28. The first-order valence-corrected chi connectivity index (χ1v) is 8.29. The van der Waals surface area contributed by atoms with Gasteiger partial charge in [0.15, 0.2) is 0 Å². The van der Waals surface area contributed by atoms with E-state index in [-0.39, 0.29) is 10.5 Å². The lowest BCUT2D eigenvalue weighted by molar-refractivity contribution is 0.134. The molecule has 0 radical (unpaired) electrons. The number of nitrogens with one attached hydrogen (secondary N) is 2. The molecule has 7 heteroatoms. The van der Waals surface area contributed by atoms with E-state index in [0.717, 1.165) is 5.56 Å². The topological polar surface area (TPSA) is 88.3 Å². The van der Waals surface area contributed by atoms with Crippen LogP contribution >= 0.6 is 0 Å². The highest BCUT2D eigenvalue weighted by Crippen LogP contribution is 2.17. The minimum atomic E-state index is -3.72. The highest BCUT2D eigenvalue weighted by molar-refractivity contribution is 7.92. The second kappa shape index (κ2) is 6.76. The molecule has 0 amide bonds. The fraction of sp³-hybridized carbons (Fsp3) is 0.267. The SMILES string of the molecule is CCOCc1cccc(S(=O)(=O)Nc2c[nH]c(=O)c(C)c2)c1. The van der Waals surface area contributed by atoms with Crippen LogP contribution in [-0.4, -0.2) is 20.0 Å². The van der Waals surface area contributed by atoms with E-state index in [2.05, 4.69) is 9.71 Å². The Morgan fingerprint density at radius 2 is 2.05 bits per heavy atom. The Morgan fingerprint density at radius 3 is 2.73 bits per heavy atom. The molecule has 0 aliphatic heterocycles. The molecule has 0 spiro atoms. The number of ether oxygens (including phenoxy) is 1. The average molecular weight is 322 g/mol. The Hall–Kier alpha value is -2.12. The van der Waals surface area contributed by atoms with Gasteiger partial charge in [-0.3, -0.25) is 9.52 Å². The number of hydrogen-bond donors (Lipinski definition) is 2. The van der Waals surface area contributed by atoms with E-state index < -0.39 is 10.0 Å². The molecule has 118 valence electrons. The predicted octanol–water partition coefficient (Wildman–Crippen LogP) is 2.02. The molecule has 1 heterocycles. The van der Waals surface area contributed by atoms with Crippen LogP contribution in [0.4, 0.5) is 5.69 Å². The van der Waals surface area contributed by atoms with Crippen LogP contribution in [0.2, 0.25) is 0 Å². The van der Waals surface area contributed by atoms with Crippen LogP contribution in [0.5, 0.6) is 0 Å². The normalized spacial score (nSPS) is 11.4. The van der Waals surface area contributed by atoms with Crippen LogP contribution in [0.3, 0.4) is 0 Å². The Morgan fingerprint density at radius 1 is 1.27 bits per heavy atom. The van der Waals surface area contributed by atoms with Crippen molar-refractivity contribution < 1.29 is 13.2 Å². The van der Waals surface area contributed by atoms with Gasteiger partial charge in [0.25, 0.3) is 15.6 Å². The van der Waals surface area contributed by atoms with Crippen molar-refractivity contribution in [2.75, 3.05) is 11.3 Å². The van der Waals surface area contributed by atoms with Crippen LogP contribution in [0.15, 0.2) is 46.2 Å². The summed E-state index contributed by atoms with van der Waals surface area (Å²) in [6, 6.07) is 8.03. The first-order valence-electron chi connectivity index (χ1n) is 6.81. The molecule has 0 aliphatic rings. The molecular weight excluding hydrogens is 304 g/mol. The summed E-state index contributed by atoms with van der Waals surface area (Å²) in [6.45, 7) is 4.41. The van der Waals surface area contributed by atoms with E-state index in [1.165, 1.54) is 18.3 Å². The number of pyridine rings is 1. The van der Waals surface area contributed by atoms with Gasteiger partial charge in [0.1, 0.15) is 0 Å². The monoisotopic (exact) mass is 322 g/mol. The van der Waals surface area contributed by atoms with Crippen LogP contribution in [0.25, 0.3) is 0 Å². The van der Waals surface area contributed by atoms with Gasteiger partial charge in [0, 0.05) is 18.4 Å². The summed E-state index contributed by atoms with van der Waals surface area (Å²) in [6.07, 6.45) is 1.33. The van der Waals surface area contributed by atoms with Crippen molar-refractivity contribution in [2.45, 2.75) is 25.3 Å². The maximum atomic E-state index is 12.4. The first-order chi connectivity index (χ1) is 10.4. The second-order valence-electron chi connectivity index (χ2n) is 4.79. The zero-order valence-electron chi connectivity index (χ0n) is 12.4. The van der Waals surface area contributed by atoms with Gasteiger partial charge in [0.2, 0.25) is 0 Å². The maximum absolute atomic E-state index is 12.4. The zero-order chi connectivity index (χ0) is 16.2. The van der Waals surface area contributed by atoms with E-state index in [4.69, 9.17) is 4.74 Å². The number of hydrogen-bond acceptors (Lipinski definition) is 4. The second-order valence-corrected chi connectivity index (χ2v) is 6.47. The summed E-state index contributed by atoms with van der Waals surface area (Å²) in [5, 5.41) is 0. The molecule has 22 heavy (non-hydrogen) atoms. The third-order valence-electron chi connectivity index (χ3n) is 3.02. The van der Waals surface area contributed by atoms with Gasteiger partial charge >= 0.3 is 0 Å². The number of benzene rings is 1. The third-order valence-corrected chi connectivity index (χ3v) is 4.40. The summed E-state index contributed by atoms with van der Waals surface area (Å²) in [5.74, 6) is 0. The fourth-order valence-electron chi connectivity index (χ4n) is 1.89. The zero-order valence-corrected chi connectivity index (χ0v) is 13.2. The molecule has 0 saturated carbocycles. The van der Waals surface area contributed by atoms with Gasteiger partial charge in [-0.2, -0.15) is 0 Å². The molecule has 0 atom stereocenters. The number of aromatic nitrogens is 1. The first kappa shape index (κ1) is 16.3. The Bertz CT molecular complexity index is 812. The molecule has 0 saturated heterocycles. The number of aryl methyl sites for hydroxylation is 1. The van der Waals surface area contributed by atoms with Crippen molar-refractivity contribution in [1.29, 1.82) is 0 Å². The molecular formula is C15H18N2O4S. The van der Waals surface area contributed by atoms with Crippen molar-refractivity contribution in [1.82, 2.24) is 4.98 Å². The number of anilines is 1. The van der Waals surface area contributed by atoms with Gasteiger partial charge in [-0.25, -0.2) is 8.42 Å². The van der Waals surface area contributed by atoms with Crippen LogP contribution in [0, 0.1) is 6.92 Å². The van der Waals surface area contributed by atoms with Crippen LogP contribution in [-0.2, 0) is 21.4 Å². The van der Waals surface area contributed by atoms with Gasteiger partial charge < -0.3 is 9.72 Å². The fourth-order valence-corrected chi connectivity index (χ4v) is 3.00. The van der Waals surface area contributed by atoms with Gasteiger partial charge in [-0.05, 0) is 37.6 Å². The largest absolute Gasteiger partial charge is 0.377 e. The molecule has 0 fully saturated rings. The lowest BCUT2D eigenvalue weighted by Gasteiger charge is -2.10. The predicted molar refractivity (Wildman–Crippen MR) is 84.4 cm³/mol. The van der Waals surface area contributed by atoms with Crippen LogP contribution < -0.4 is 10.3 Å². The Balaban J connectivity index is 2.26. The van der Waals surface area contributed by atoms with Crippen molar-refractivity contribution >= 4 is 15.7 Å². The van der Waals surface area contributed by atoms with E-state index in [1.807, 2.05) is 6.92 Å². The van der Waals surface area contributed by atoms with E-state index in [9.17, 15) is 13.2 Å². The third kappa shape index (κ3) is 3.96.